The summed E-state index contributed by atoms with van der Waals surface area (Å²) in [5.41, 5.74) is 2.51. The van der Waals surface area contributed by atoms with Crippen molar-refractivity contribution in [3.63, 3.8) is 0 Å². The average Bonchev–Trinajstić information content (AvgIpc) is 2.36. The number of benzene rings is 1. The van der Waals surface area contributed by atoms with Crippen molar-refractivity contribution in [3.8, 4) is 5.75 Å². The molecule has 1 aliphatic rings. The molecule has 17 heavy (non-hydrogen) atoms. The van der Waals surface area contributed by atoms with E-state index in [9.17, 15) is 0 Å². The van der Waals surface area contributed by atoms with Gasteiger partial charge < -0.3 is 10.1 Å². The van der Waals surface area contributed by atoms with Gasteiger partial charge in [-0.1, -0.05) is 11.6 Å². The quantitative estimate of drug-likeness (QED) is 0.893. The van der Waals surface area contributed by atoms with Gasteiger partial charge in [0.15, 0.2) is 0 Å². The Kier molecular flexibility index (Phi) is 4.30. The van der Waals surface area contributed by atoms with E-state index in [1.807, 2.05) is 6.07 Å². The zero-order chi connectivity index (χ0) is 12.3. The summed E-state index contributed by atoms with van der Waals surface area (Å²) in [6, 6.07) is 4.01. The van der Waals surface area contributed by atoms with Gasteiger partial charge >= 0.3 is 0 Å². The Balaban J connectivity index is 2.15. The van der Waals surface area contributed by atoms with Crippen LogP contribution in [-0.2, 0) is 6.42 Å². The van der Waals surface area contributed by atoms with Crippen LogP contribution in [0.25, 0.3) is 0 Å². The van der Waals surface area contributed by atoms with E-state index in [4.69, 9.17) is 16.3 Å². The normalized spacial score (nSPS) is 20.3. The molecule has 1 atom stereocenters. The van der Waals surface area contributed by atoms with Gasteiger partial charge in [-0.15, -0.1) is 0 Å². The number of ether oxygens (including phenoxy) is 1. The van der Waals surface area contributed by atoms with Crippen molar-refractivity contribution in [2.45, 2.75) is 26.2 Å². The van der Waals surface area contributed by atoms with E-state index in [1.54, 1.807) is 7.11 Å². The summed E-state index contributed by atoms with van der Waals surface area (Å²) in [6.07, 6.45) is 3.68. The number of hydrogen-bond donors (Lipinski definition) is 1. The van der Waals surface area contributed by atoms with Crippen molar-refractivity contribution in [2.75, 3.05) is 20.2 Å². The fourth-order valence-electron chi connectivity index (χ4n) is 2.45. The summed E-state index contributed by atoms with van der Waals surface area (Å²) in [4.78, 5) is 0. The predicted molar refractivity (Wildman–Crippen MR) is 72.0 cm³/mol. The fraction of sp³-hybridized carbons (Fsp3) is 0.571. The Morgan fingerprint density at radius 3 is 2.94 bits per heavy atom. The third-order valence-corrected chi connectivity index (χ3v) is 3.96. The van der Waals surface area contributed by atoms with Crippen LogP contribution in [0.3, 0.4) is 0 Å². The number of methoxy groups -OCH3 is 1. The minimum atomic E-state index is 0.727. The monoisotopic (exact) mass is 253 g/mol. The topological polar surface area (TPSA) is 21.3 Å². The first-order valence-electron chi connectivity index (χ1n) is 6.24. The molecule has 1 fully saturated rings. The second kappa shape index (κ2) is 5.74. The van der Waals surface area contributed by atoms with Crippen molar-refractivity contribution < 1.29 is 4.74 Å². The molecule has 1 heterocycles. The van der Waals surface area contributed by atoms with Crippen LogP contribution in [0.1, 0.15) is 24.0 Å². The molecule has 1 aromatic rings. The SMILES string of the molecule is COc1cc(Cl)c(C)c(CC2CCCNC2)c1. The lowest BCUT2D eigenvalue weighted by molar-refractivity contribution is 0.374. The molecule has 0 aliphatic carbocycles. The van der Waals surface area contributed by atoms with Gasteiger partial charge in [-0.2, -0.15) is 0 Å². The van der Waals surface area contributed by atoms with Crippen LogP contribution >= 0.6 is 11.6 Å². The Hall–Kier alpha value is -0.730. The lowest BCUT2D eigenvalue weighted by Crippen LogP contribution is -2.31. The summed E-state index contributed by atoms with van der Waals surface area (Å²) in [6.45, 7) is 4.37. The van der Waals surface area contributed by atoms with Crippen LogP contribution in [-0.4, -0.2) is 20.2 Å². The Labute approximate surface area is 108 Å². The van der Waals surface area contributed by atoms with Gasteiger partial charge in [-0.25, -0.2) is 0 Å². The largest absolute Gasteiger partial charge is 0.497 e. The van der Waals surface area contributed by atoms with Gasteiger partial charge in [-0.05, 0) is 68.5 Å². The maximum Gasteiger partial charge on any atom is 0.120 e. The maximum absolute atomic E-state index is 6.22. The van der Waals surface area contributed by atoms with Crippen LogP contribution in [0.5, 0.6) is 5.75 Å². The Morgan fingerprint density at radius 1 is 1.47 bits per heavy atom. The average molecular weight is 254 g/mol. The summed E-state index contributed by atoms with van der Waals surface area (Å²) in [5, 5.41) is 4.26. The van der Waals surface area contributed by atoms with Gasteiger partial charge in [0.1, 0.15) is 5.75 Å². The molecule has 94 valence electrons. The second-order valence-corrected chi connectivity index (χ2v) is 5.22. The second-order valence-electron chi connectivity index (χ2n) is 4.81. The highest BCUT2D eigenvalue weighted by Crippen LogP contribution is 2.28. The van der Waals surface area contributed by atoms with Gasteiger partial charge in [0.05, 0.1) is 7.11 Å². The summed E-state index contributed by atoms with van der Waals surface area (Å²) >= 11 is 6.22. The van der Waals surface area contributed by atoms with Crippen LogP contribution in [0.2, 0.25) is 5.02 Å². The minimum Gasteiger partial charge on any atom is -0.497 e. The molecule has 0 amide bonds. The lowest BCUT2D eigenvalue weighted by Gasteiger charge is -2.23. The molecule has 2 nitrogen and oxygen atoms in total. The molecule has 1 unspecified atom stereocenters. The van der Waals surface area contributed by atoms with Crippen molar-refractivity contribution in [2.24, 2.45) is 5.92 Å². The zero-order valence-electron chi connectivity index (χ0n) is 10.6. The van der Waals surface area contributed by atoms with Crippen molar-refractivity contribution >= 4 is 11.6 Å². The maximum atomic E-state index is 6.22. The summed E-state index contributed by atoms with van der Waals surface area (Å²) < 4.78 is 5.28. The molecule has 1 aromatic carbocycles. The highest BCUT2D eigenvalue weighted by atomic mass is 35.5. The van der Waals surface area contributed by atoms with E-state index < -0.39 is 0 Å². The zero-order valence-corrected chi connectivity index (χ0v) is 11.3. The van der Waals surface area contributed by atoms with Gasteiger partial charge in [0, 0.05) is 5.02 Å². The van der Waals surface area contributed by atoms with E-state index in [0.717, 1.165) is 36.2 Å². The van der Waals surface area contributed by atoms with Gasteiger partial charge in [0.2, 0.25) is 0 Å². The molecular weight excluding hydrogens is 234 g/mol. The van der Waals surface area contributed by atoms with Gasteiger partial charge in [-0.3, -0.25) is 0 Å². The number of hydrogen-bond acceptors (Lipinski definition) is 2. The molecule has 0 aromatic heterocycles. The van der Waals surface area contributed by atoms with Crippen LogP contribution in [0, 0.1) is 12.8 Å². The number of piperidine rings is 1. The van der Waals surface area contributed by atoms with E-state index in [-0.39, 0.29) is 0 Å². The highest BCUT2D eigenvalue weighted by molar-refractivity contribution is 6.31. The van der Waals surface area contributed by atoms with E-state index >= 15 is 0 Å². The third kappa shape index (κ3) is 3.14. The molecule has 0 radical (unpaired) electrons. The van der Waals surface area contributed by atoms with E-state index in [2.05, 4.69) is 18.3 Å². The molecular formula is C14H20ClNO. The highest BCUT2D eigenvalue weighted by Gasteiger charge is 2.16. The Morgan fingerprint density at radius 2 is 2.29 bits per heavy atom. The molecule has 0 spiro atoms. The first-order chi connectivity index (χ1) is 8.20. The van der Waals surface area contributed by atoms with Crippen molar-refractivity contribution in [1.29, 1.82) is 0 Å². The summed E-state index contributed by atoms with van der Waals surface area (Å²) in [5.74, 6) is 1.59. The Bertz CT molecular complexity index is 386. The molecule has 0 saturated carbocycles. The number of rotatable bonds is 3. The van der Waals surface area contributed by atoms with Gasteiger partial charge in [0.25, 0.3) is 0 Å². The van der Waals surface area contributed by atoms with Crippen molar-refractivity contribution in [1.82, 2.24) is 5.32 Å². The standard InChI is InChI=1S/C14H20ClNO/c1-10-12(6-11-4-3-5-16-9-11)7-13(17-2)8-14(10)15/h7-8,11,16H,3-6,9H2,1-2H3. The van der Waals surface area contributed by atoms with Crippen LogP contribution in [0.15, 0.2) is 12.1 Å². The van der Waals surface area contributed by atoms with Crippen molar-refractivity contribution in [3.05, 3.63) is 28.3 Å². The van der Waals surface area contributed by atoms with E-state index in [0.29, 0.717) is 0 Å². The summed E-state index contributed by atoms with van der Waals surface area (Å²) in [7, 11) is 1.69. The van der Waals surface area contributed by atoms with Crippen LogP contribution in [0.4, 0.5) is 0 Å². The predicted octanol–water partition coefficient (Wildman–Crippen LogP) is 3.20. The van der Waals surface area contributed by atoms with E-state index in [1.165, 1.54) is 24.0 Å². The fourth-order valence-corrected chi connectivity index (χ4v) is 2.68. The minimum absolute atomic E-state index is 0.727. The number of nitrogens with one attached hydrogen (secondary N) is 1. The molecule has 1 N–H and O–H groups in total. The lowest BCUT2D eigenvalue weighted by atomic mass is 9.90. The number of halogens is 1. The molecule has 1 saturated heterocycles. The van der Waals surface area contributed by atoms with Crippen LogP contribution < -0.4 is 10.1 Å². The first-order valence-corrected chi connectivity index (χ1v) is 6.62. The first kappa shape index (κ1) is 12.7. The smallest absolute Gasteiger partial charge is 0.120 e. The molecule has 3 heteroatoms. The third-order valence-electron chi connectivity index (χ3n) is 3.57. The molecule has 1 aliphatic heterocycles. The molecule has 0 bridgehead atoms. The molecule has 2 rings (SSSR count).